The van der Waals surface area contributed by atoms with Crippen molar-refractivity contribution >= 4 is 27.0 Å². The van der Waals surface area contributed by atoms with Gasteiger partial charge in [0.05, 0.1) is 10.5 Å². The summed E-state index contributed by atoms with van der Waals surface area (Å²) in [5, 5.41) is 0. The third-order valence-corrected chi connectivity index (χ3v) is 4.23. The van der Waals surface area contributed by atoms with Gasteiger partial charge in [0.2, 0.25) is 0 Å². The zero-order chi connectivity index (χ0) is 15.6. The largest absolute Gasteiger partial charge is 0.457 e. The van der Waals surface area contributed by atoms with Crippen molar-refractivity contribution in [1.82, 2.24) is 0 Å². The van der Waals surface area contributed by atoms with E-state index in [4.69, 9.17) is 22.7 Å². The summed E-state index contributed by atoms with van der Waals surface area (Å²) in [4.78, 5) is 0.492. The van der Waals surface area contributed by atoms with Crippen LogP contribution >= 0.6 is 12.2 Å². The second kappa shape index (κ2) is 5.83. The first-order valence-corrected chi connectivity index (χ1v) is 8.46. The van der Waals surface area contributed by atoms with Gasteiger partial charge in [-0.3, -0.25) is 0 Å². The molecular weight excluding hydrogens is 306 g/mol. The van der Waals surface area contributed by atoms with Crippen LogP contribution in [0.4, 0.5) is 0 Å². The smallest absolute Gasteiger partial charge is 0.175 e. The van der Waals surface area contributed by atoms with Crippen LogP contribution in [0.15, 0.2) is 47.4 Å². The fourth-order valence-corrected chi connectivity index (χ4v) is 2.60. The van der Waals surface area contributed by atoms with Gasteiger partial charge in [-0.15, -0.1) is 0 Å². The SMILES string of the molecule is Cc1ccc(C(N)=S)c(Oc2ccc(S(C)(=O)=O)cc2)c1. The molecular formula is C15H15NO3S2. The van der Waals surface area contributed by atoms with Crippen molar-refractivity contribution < 1.29 is 13.2 Å². The highest BCUT2D eigenvalue weighted by molar-refractivity contribution is 7.90. The number of thiocarbonyl (C=S) groups is 1. The molecule has 110 valence electrons. The quantitative estimate of drug-likeness (QED) is 0.877. The van der Waals surface area contributed by atoms with Gasteiger partial charge in [0.15, 0.2) is 9.84 Å². The van der Waals surface area contributed by atoms with Gasteiger partial charge in [-0.05, 0) is 48.9 Å². The van der Waals surface area contributed by atoms with Gasteiger partial charge in [-0.1, -0.05) is 18.3 Å². The molecule has 0 saturated heterocycles. The molecule has 21 heavy (non-hydrogen) atoms. The fraction of sp³-hybridized carbons (Fsp3) is 0.133. The summed E-state index contributed by atoms with van der Waals surface area (Å²) in [6, 6.07) is 11.7. The maximum atomic E-state index is 11.4. The lowest BCUT2D eigenvalue weighted by Gasteiger charge is -2.11. The number of hydrogen-bond donors (Lipinski definition) is 1. The van der Waals surface area contributed by atoms with Crippen LogP contribution in [0.3, 0.4) is 0 Å². The molecule has 0 spiro atoms. The molecule has 2 rings (SSSR count). The third-order valence-electron chi connectivity index (χ3n) is 2.88. The van der Waals surface area contributed by atoms with E-state index in [1.165, 1.54) is 12.1 Å². The molecule has 0 radical (unpaired) electrons. The average Bonchev–Trinajstić information content (AvgIpc) is 2.38. The molecule has 0 fully saturated rings. The molecule has 0 heterocycles. The summed E-state index contributed by atoms with van der Waals surface area (Å²) in [6.07, 6.45) is 1.16. The van der Waals surface area contributed by atoms with E-state index in [1.807, 2.05) is 19.1 Å². The van der Waals surface area contributed by atoms with E-state index in [0.717, 1.165) is 11.8 Å². The Morgan fingerprint density at radius 2 is 1.76 bits per heavy atom. The fourth-order valence-electron chi connectivity index (χ4n) is 1.80. The minimum atomic E-state index is -3.22. The Morgan fingerprint density at radius 1 is 1.14 bits per heavy atom. The number of ether oxygens (including phenoxy) is 1. The molecule has 2 N–H and O–H groups in total. The molecule has 0 aliphatic heterocycles. The normalized spacial score (nSPS) is 11.1. The minimum absolute atomic E-state index is 0.244. The van der Waals surface area contributed by atoms with Crippen molar-refractivity contribution in [2.45, 2.75) is 11.8 Å². The molecule has 2 aromatic carbocycles. The maximum absolute atomic E-state index is 11.4. The Hall–Kier alpha value is -1.92. The number of rotatable bonds is 4. The summed E-state index contributed by atoms with van der Waals surface area (Å²) >= 11 is 5.00. The summed E-state index contributed by atoms with van der Waals surface area (Å²) in [6.45, 7) is 1.93. The minimum Gasteiger partial charge on any atom is -0.457 e. The molecule has 0 aliphatic rings. The predicted molar refractivity (Wildman–Crippen MR) is 86.7 cm³/mol. The Balaban J connectivity index is 2.34. The number of hydrogen-bond acceptors (Lipinski definition) is 4. The number of nitrogens with two attached hydrogens (primary N) is 1. The van der Waals surface area contributed by atoms with Crippen molar-refractivity contribution in [3.05, 3.63) is 53.6 Å². The van der Waals surface area contributed by atoms with Crippen molar-refractivity contribution in [2.24, 2.45) is 5.73 Å². The third kappa shape index (κ3) is 3.80. The van der Waals surface area contributed by atoms with Gasteiger partial charge in [0, 0.05) is 6.26 Å². The van der Waals surface area contributed by atoms with Crippen LogP contribution in [0, 0.1) is 6.92 Å². The Kier molecular flexibility index (Phi) is 4.29. The van der Waals surface area contributed by atoms with Gasteiger partial charge in [0.1, 0.15) is 16.5 Å². The molecule has 4 nitrogen and oxygen atoms in total. The molecule has 0 amide bonds. The lowest BCUT2D eigenvalue weighted by molar-refractivity contribution is 0.481. The first-order chi connectivity index (χ1) is 9.77. The van der Waals surface area contributed by atoms with E-state index in [-0.39, 0.29) is 9.88 Å². The zero-order valence-electron chi connectivity index (χ0n) is 11.7. The number of benzene rings is 2. The van der Waals surface area contributed by atoms with Gasteiger partial charge in [0.25, 0.3) is 0 Å². The van der Waals surface area contributed by atoms with Gasteiger partial charge >= 0.3 is 0 Å². The van der Waals surface area contributed by atoms with E-state index >= 15 is 0 Å². The van der Waals surface area contributed by atoms with Crippen LogP contribution in [-0.2, 0) is 9.84 Å². The molecule has 0 bridgehead atoms. The zero-order valence-corrected chi connectivity index (χ0v) is 13.3. The Morgan fingerprint density at radius 3 is 2.29 bits per heavy atom. The topological polar surface area (TPSA) is 69.4 Å². The van der Waals surface area contributed by atoms with Crippen LogP contribution in [0.2, 0.25) is 0 Å². The standard InChI is InChI=1S/C15H15NO3S2/c1-10-3-8-13(15(16)20)14(9-10)19-11-4-6-12(7-5-11)21(2,17)18/h3-9H,1-2H3,(H2,16,20). The average molecular weight is 321 g/mol. The maximum Gasteiger partial charge on any atom is 0.175 e. The molecule has 2 aromatic rings. The van der Waals surface area contributed by atoms with E-state index in [9.17, 15) is 8.42 Å². The second-order valence-corrected chi connectivity index (χ2v) is 7.17. The molecule has 0 aromatic heterocycles. The van der Waals surface area contributed by atoms with Gasteiger partial charge in [-0.25, -0.2) is 8.42 Å². The molecule has 6 heteroatoms. The van der Waals surface area contributed by atoms with Crippen molar-refractivity contribution in [1.29, 1.82) is 0 Å². The highest BCUT2D eigenvalue weighted by Crippen LogP contribution is 2.27. The van der Waals surface area contributed by atoms with Crippen molar-refractivity contribution in [3.63, 3.8) is 0 Å². The van der Waals surface area contributed by atoms with E-state index in [1.54, 1.807) is 18.2 Å². The first kappa shape index (κ1) is 15.5. The lowest BCUT2D eigenvalue weighted by Crippen LogP contribution is -2.10. The predicted octanol–water partition coefficient (Wildman–Crippen LogP) is 2.83. The summed E-state index contributed by atoms with van der Waals surface area (Å²) in [5.41, 5.74) is 7.32. The molecule has 0 atom stereocenters. The number of sulfone groups is 1. The van der Waals surface area contributed by atoms with Crippen molar-refractivity contribution in [2.75, 3.05) is 6.26 Å². The van der Waals surface area contributed by atoms with Crippen LogP contribution in [0.25, 0.3) is 0 Å². The van der Waals surface area contributed by atoms with Gasteiger partial charge in [-0.2, -0.15) is 0 Å². The van der Waals surface area contributed by atoms with Crippen LogP contribution in [0.5, 0.6) is 11.5 Å². The molecule has 0 aliphatic carbocycles. The second-order valence-electron chi connectivity index (χ2n) is 4.71. The first-order valence-electron chi connectivity index (χ1n) is 6.16. The summed E-state index contributed by atoms with van der Waals surface area (Å²) < 4.78 is 28.6. The Bertz CT molecular complexity index is 781. The van der Waals surface area contributed by atoms with E-state index < -0.39 is 9.84 Å². The van der Waals surface area contributed by atoms with Crippen LogP contribution in [-0.4, -0.2) is 19.7 Å². The summed E-state index contributed by atoms with van der Waals surface area (Å²) in [7, 11) is -3.22. The highest BCUT2D eigenvalue weighted by atomic mass is 32.2. The van der Waals surface area contributed by atoms with Crippen molar-refractivity contribution in [3.8, 4) is 11.5 Å². The van der Waals surface area contributed by atoms with Crippen LogP contribution < -0.4 is 10.5 Å². The molecule has 0 saturated carbocycles. The van der Waals surface area contributed by atoms with E-state index in [0.29, 0.717) is 17.1 Å². The van der Waals surface area contributed by atoms with Crippen LogP contribution in [0.1, 0.15) is 11.1 Å². The Labute approximate surface area is 129 Å². The molecule has 0 unspecified atom stereocenters. The highest BCUT2D eigenvalue weighted by Gasteiger charge is 2.10. The number of aryl methyl sites for hydroxylation is 1. The summed E-state index contributed by atoms with van der Waals surface area (Å²) in [5.74, 6) is 1.07. The lowest BCUT2D eigenvalue weighted by atomic mass is 10.1. The monoisotopic (exact) mass is 321 g/mol. The van der Waals surface area contributed by atoms with Gasteiger partial charge < -0.3 is 10.5 Å². The van der Waals surface area contributed by atoms with E-state index in [2.05, 4.69) is 0 Å².